The topological polar surface area (TPSA) is 78.5 Å². The van der Waals surface area contributed by atoms with Crippen LogP contribution in [-0.2, 0) is 10.0 Å². The van der Waals surface area contributed by atoms with Gasteiger partial charge in [0.15, 0.2) is 0 Å². The van der Waals surface area contributed by atoms with Gasteiger partial charge in [-0.25, -0.2) is 13.1 Å². The van der Waals surface area contributed by atoms with Gasteiger partial charge in [-0.1, -0.05) is 13.0 Å². The molecule has 1 aliphatic rings. The Morgan fingerprint density at radius 1 is 1.04 bits per heavy atom. The number of benzene rings is 2. The molecule has 2 N–H and O–H groups in total. The monoisotopic (exact) mass is 387 g/mol. The Labute approximate surface area is 160 Å². The molecule has 0 radical (unpaired) electrons. The van der Waals surface area contributed by atoms with Crippen LogP contribution in [0.15, 0.2) is 53.4 Å². The number of nitrogens with one attached hydrogen (secondary N) is 2. The van der Waals surface area contributed by atoms with Crippen LogP contribution in [0.1, 0.15) is 36.5 Å². The predicted octanol–water partition coefficient (Wildman–Crippen LogP) is 3.23. The van der Waals surface area contributed by atoms with E-state index in [-0.39, 0.29) is 10.8 Å². The molecular weight excluding hydrogens is 362 g/mol. The first-order valence-corrected chi connectivity index (χ1v) is 10.7. The minimum Gasteiger partial charge on any atom is -0.371 e. The number of amides is 1. The number of sulfonamides is 1. The number of rotatable bonds is 6. The maximum Gasteiger partial charge on any atom is 0.255 e. The molecule has 1 saturated heterocycles. The van der Waals surface area contributed by atoms with Crippen LogP contribution in [0.4, 0.5) is 11.4 Å². The van der Waals surface area contributed by atoms with Gasteiger partial charge in [-0.3, -0.25) is 4.79 Å². The summed E-state index contributed by atoms with van der Waals surface area (Å²) in [6.07, 6.45) is 3.66. The minimum absolute atomic E-state index is 0.146. The van der Waals surface area contributed by atoms with E-state index in [1.165, 1.54) is 43.5 Å². The zero-order chi connectivity index (χ0) is 19.3. The van der Waals surface area contributed by atoms with Gasteiger partial charge in [0, 0.05) is 36.6 Å². The summed E-state index contributed by atoms with van der Waals surface area (Å²) in [5.41, 5.74) is 2.25. The molecule has 0 aromatic heterocycles. The number of carbonyl (C=O) groups excluding carboxylic acids is 1. The lowest BCUT2D eigenvalue weighted by Crippen LogP contribution is -2.29. The average molecular weight is 388 g/mol. The minimum atomic E-state index is -3.52. The molecule has 0 atom stereocenters. The van der Waals surface area contributed by atoms with Gasteiger partial charge in [-0.2, -0.15) is 0 Å². The lowest BCUT2D eigenvalue weighted by atomic mass is 10.1. The van der Waals surface area contributed by atoms with Gasteiger partial charge in [-0.15, -0.1) is 0 Å². The molecule has 1 heterocycles. The van der Waals surface area contributed by atoms with Crippen molar-refractivity contribution in [1.82, 2.24) is 4.72 Å². The molecular formula is C20H25N3O3S. The number of anilines is 2. The second kappa shape index (κ2) is 8.54. The lowest BCUT2D eigenvalue weighted by molar-refractivity contribution is 0.102. The molecule has 144 valence electrons. The number of carbonyl (C=O) groups is 1. The van der Waals surface area contributed by atoms with Crippen molar-refractivity contribution in [3.05, 3.63) is 54.1 Å². The molecule has 3 rings (SSSR count). The van der Waals surface area contributed by atoms with Gasteiger partial charge in [-0.05, 0) is 61.7 Å². The molecule has 7 heteroatoms. The second-order valence-electron chi connectivity index (χ2n) is 6.58. The highest BCUT2D eigenvalue weighted by Gasteiger charge is 2.15. The van der Waals surface area contributed by atoms with Crippen LogP contribution in [0, 0.1) is 0 Å². The van der Waals surface area contributed by atoms with Crippen LogP contribution in [0.2, 0.25) is 0 Å². The highest BCUT2D eigenvalue weighted by molar-refractivity contribution is 7.89. The Hall–Kier alpha value is -2.38. The van der Waals surface area contributed by atoms with Crippen LogP contribution in [-0.4, -0.2) is 34.0 Å². The molecule has 0 saturated carbocycles. The SMILES string of the molecule is CCNS(=O)(=O)c1ccc(C(=O)Nc2cccc(N3CCCCC3)c2)cc1. The van der Waals surface area contributed by atoms with Gasteiger partial charge in [0.25, 0.3) is 5.91 Å². The maximum absolute atomic E-state index is 12.5. The van der Waals surface area contributed by atoms with Crippen molar-refractivity contribution >= 4 is 27.3 Å². The summed E-state index contributed by atoms with van der Waals surface area (Å²) in [4.78, 5) is 15.0. The summed E-state index contributed by atoms with van der Waals surface area (Å²) in [7, 11) is -3.52. The quantitative estimate of drug-likeness (QED) is 0.798. The zero-order valence-electron chi connectivity index (χ0n) is 15.4. The van der Waals surface area contributed by atoms with Crippen molar-refractivity contribution in [3.8, 4) is 0 Å². The first-order valence-electron chi connectivity index (χ1n) is 9.26. The Morgan fingerprint density at radius 3 is 2.41 bits per heavy atom. The van der Waals surface area contributed by atoms with Crippen molar-refractivity contribution in [2.24, 2.45) is 0 Å². The summed E-state index contributed by atoms with van der Waals surface area (Å²) in [6.45, 7) is 4.12. The van der Waals surface area contributed by atoms with E-state index in [0.29, 0.717) is 12.1 Å². The summed E-state index contributed by atoms with van der Waals surface area (Å²) in [6, 6.07) is 13.8. The van der Waals surface area contributed by atoms with Crippen molar-refractivity contribution in [2.45, 2.75) is 31.1 Å². The zero-order valence-corrected chi connectivity index (χ0v) is 16.3. The average Bonchev–Trinajstić information content (AvgIpc) is 2.69. The molecule has 2 aromatic carbocycles. The first kappa shape index (κ1) is 19.4. The van der Waals surface area contributed by atoms with E-state index in [0.717, 1.165) is 24.5 Å². The molecule has 1 fully saturated rings. The van der Waals surface area contributed by atoms with E-state index in [1.807, 2.05) is 18.2 Å². The first-order chi connectivity index (χ1) is 13.0. The van der Waals surface area contributed by atoms with E-state index in [2.05, 4.69) is 21.0 Å². The normalized spacial score (nSPS) is 14.8. The molecule has 0 unspecified atom stereocenters. The summed E-state index contributed by atoms with van der Waals surface area (Å²) >= 11 is 0. The number of hydrogen-bond acceptors (Lipinski definition) is 4. The Morgan fingerprint density at radius 2 is 1.74 bits per heavy atom. The molecule has 6 nitrogen and oxygen atoms in total. The third-order valence-electron chi connectivity index (χ3n) is 4.59. The van der Waals surface area contributed by atoms with Crippen LogP contribution < -0.4 is 14.9 Å². The predicted molar refractivity (Wildman–Crippen MR) is 108 cm³/mol. The Kier molecular flexibility index (Phi) is 6.13. The largest absolute Gasteiger partial charge is 0.371 e. The summed E-state index contributed by atoms with van der Waals surface area (Å²) in [5.74, 6) is -0.266. The smallest absolute Gasteiger partial charge is 0.255 e. The third-order valence-corrected chi connectivity index (χ3v) is 6.15. The fraction of sp³-hybridized carbons (Fsp3) is 0.350. The molecule has 1 aliphatic heterocycles. The van der Waals surface area contributed by atoms with Crippen molar-refractivity contribution in [3.63, 3.8) is 0 Å². The van der Waals surface area contributed by atoms with Gasteiger partial charge >= 0.3 is 0 Å². The molecule has 0 spiro atoms. The number of hydrogen-bond donors (Lipinski definition) is 2. The lowest BCUT2D eigenvalue weighted by Gasteiger charge is -2.29. The van der Waals surface area contributed by atoms with E-state index >= 15 is 0 Å². The summed E-state index contributed by atoms with van der Waals surface area (Å²) < 4.78 is 26.4. The fourth-order valence-corrected chi connectivity index (χ4v) is 4.24. The van der Waals surface area contributed by atoms with Crippen molar-refractivity contribution < 1.29 is 13.2 Å². The second-order valence-corrected chi connectivity index (χ2v) is 8.34. The van der Waals surface area contributed by atoms with Crippen molar-refractivity contribution in [1.29, 1.82) is 0 Å². The Bertz CT molecular complexity index is 889. The third kappa shape index (κ3) is 4.87. The van der Waals surface area contributed by atoms with Crippen LogP contribution in [0.3, 0.4) is 0 Å². The summed E-state index contributed by atoms with van der Waals surface area (Å²) in [5, 5.41) is 2.89. The van der Waals surface area contributed by atoms with Crippen molar-refractivity contribution in [2.75, 3.05) is 29.9 Å². The fourth-order valence-electron chi connectivity index (χ4n) is 3.19. The molecule has 0 aliphatic carbocycles. The highest BCUT2D eigenvalue weighted by Crippen LogP contribution is 2.23. The standard InChI is InChI=1S/C20H25N3O3S/c1-2-21-27(25,26)19-11-9-16(10-12-19)20(24)22-17-7-6-8-18(15-17)23-13-4-3-5-14-23/h6-12,15,21H,2-5,13-14H2,1H3,(H,22,24). The van der Waals surface area contributed by atoms with Gasteiger partial charge < -0.3 is 10.2 Å². The maximum atomic E-state index is 12.5. The molecule has 2 aromatic rings. The van der Waals surface area contributed by atoms with E-state index in [9.17, 15) is 13.2 Å². The van der Waals surface area contributed by atoms with E-state index in [4.69, 9.17) is 0 Å². The van der Waals surface area contributed by atoms with Gasteiger partial charge in [0.05, 0.1) is 4.90 Å². The number of piperidine rings is 1. The van der Waals surface area contributed by atoms with Gasteiger partial charge in [0.2, 0.25) is 10.0 Å². The van der Waals surface area contributed by atoms with E-state index < -0.39 is 10.0 Å². The Balaban J connectivity index is 1.70. The van der Waals surface area contributed by atoms with E-state index in [1.54, 1.807) is 6.92 Å². The molecule has 27 heavy (non-hydrogen) atoms. The number of nitrogens with zero attached hydrogens (tertiary/aromatic N) is 1. The molecule has 0 bridgehead atoms. The molecule has 1 amide bonds. The van der Waals surface area contributed by atoms with Crippen LogP contribution >= 0.6 is 0 Å². The van der Waals surface area contributed by atoms with Crippen LogP contribution in [0.5, 0.6) is 0 Å². The van der Waals surface area contributed by atoms with Gasteiger partial charge in [0.1, 0.15) is 0 Å². The van der Waals surface area contributed by atoms with Crippen LogP contribution in [0.25, 0.3) is 0 Å². The highest BCUT2D eigenvalue weighted by atomic mass is 32.2.